The Labute approximate surface area is 323 Å². The lowest BCUT2D eigenvalue weighted by Gasteiger charge is -2.71. The largest absolute Gasteiger partial charge is 0.432 e. The summed E-state index contributed by atoms with van der Waals surface area (Å²) in [6.07, 6.45) is -5.24. The molecule has 314 valence electrons. The number of esters is 1. The van der Waals surface area contributed by atoms with Gasteiger partial charge in [0.2, 0.25) is 6.29 Å². The monoisotopic (exact) mass is 782 g/mol. The Kier molecular flexibility index (Phi) is 11.0. The first kappa shape index (κ1) is 41.9. The van der Waals surface area contributed by atoms with E-state index in [1.807, 2.05) is 13.8 Å². The number of carbonyl (C=O) groups excluding carboxylic acids is 1. The minimum atomic E-state index is -1.70. The maximum atomic E-state index is 14.0. The number of ether oxygens (including phenoxy) is 4. The van der Waals surface area contributed by atoms with Crippen molar-refractivity contribution < 1.29 is 69.7 Å². The van der Waals surface area contributed by atoms with Crippen LogP contribution in [0.4, 0.5) is 0 Å². The van der Waals surface area contributed by atoms with Crippen LogP contribution in [0.15, 0.2) is 11.6 Å². The summed E-state index contributed by atoms with van der Waals surface area (Å²) >= 11 is 0. The van der Waals surface area contributed by atoms with E-state index >= 15 is 0 Å². The molecule has 0 bridgehead atoms. The molecule has 0 spiro atoms. The van der Waals surface area contributed by atoms with Crippen LogP contribution >= 0.6 is 0 Å². The number of carbonyl (C=O) groups is 1. The van der Waals surface area contributed by atoms with Gasteiger partial charge in [-0.1, -0.05) is 46.3 Å². The molecule has 2 heterocycles. The van der Waals surface area contributed by atoms with Gasteiger partial charge in [0.05, 0.1) is 37.4 Å². The minimum absolute atomic E-state index is 0.0762. The number of fused-ring (bicyclic) bond motifs is 7. The van der Waals surface area contributed by atoms with Gasteiger partial charge in [0, 0.05) is 11.3 Å². The summed E-state index contributed by atoms with van der Waals surface area (Å²) in [5, 5.41) is 95.3. The van der Waals surface area contributed by atoms with Crippen LogP contribution in [0, 0.1) is 57.2 Å². The van der Waals surface area contributed by atoms with Crippen LogP contribution < -0.4 is 0 Å². The molecule has 21 atom stereocenters. The molecule has 2 saturated heterocycles. The Balaban J connectivity index is 1.15. The zero-order valence-electron chi connectivity index (χ0n) is 33.2. The van der Waals surface area contributed by atoms with Gasteiger partial charge < -0.3 is 64.9 Å². The Morgan fingerprint density at radius 1 is 0.855 bits per heavy atom. The molecule has 5 aliphatic carbocycles. The van der Waals surface area contributed by atoms with E-state index < -0.39 is 90.9 Å². The fraction of sp³-hybridized carbons (Fsp3) is 0.927. The predicted molar refractivity (Wildman–Crippen MR) is 194 cm³/mol. The van der Waals surface area contributed by atoms with Crippen molar-refractivity contribution in [2.24, 2.45) is 57.2 Å². The standard InChI is InChI=1S/C41H66O14/c1-19-15-21(34(50)55-36-33(49)31(47)30(46)24(16-42)53-36)20-9-13-39(4)22(28(20)41(19,6)51)7-8-26-37(2)12-11-27(54-35-32(48)29(45)23(44)17-52-35)38(3,18-43)25(37)10-14-40(26,39)5/h7,19-21,23-33,35-36,42-49,51H,8-18H2,1-6H3/t19-,20?,21+,23-,24+,25?,26?,27-,28?,29-,30+,31-,32+,33+,35-,36-,37-,38-,39+,40+,41+/m0/s1. The highest BCUT2D eigenvalue weighted by Gasteiger charge is 2.70. The number of hydrogen-bond acceptors (Lipinski definition) is 14. The third-order valence-electron chi connectivity index (χ3n) is 17.2. The number of hydrogen-bond donors (Lipinski definition) is 9. The van der Waals surface area contributed by atoms with Crippen LogP contribution in [0.5, 0.6) is 0 Å². The summed E-state index contributed by atoms with van der Waals surface area (Å²) in [6.45, 7) is 12.1. The van der Waals surface area contributed by atoms with E-state index in [-0.39, 0.29) is 59.0 Å². The van der Waals surface area contributed by atoms with Crippen molar-refractivity contribution in [3.63, 3.8) is 0 Å². The topological polar surface area (TPSA) is 236 Å². The summed E-state index contributed by atoms with van der Waals surface area (Å²) in [6, 6.07) is 0. The predicted octanol–water partition coefficient (Wildman–Crippen LogP) is 0.755. The first-order valence-corrected chi connectivity index (χ1v) is 20.6. The lowest BCUT2D eigenvalue weighted by Crippen LogP contribution is -2.67. The molecule has 14 nitrogen and oxygen atoms in total. The molecule has 4 saturated carbocycles. The number of allylic oxidation sites excluding steroid dienone is 1. The SMILES string of the molecule is C[C@H]1C[C@@H](C(=O)O[C@@H]2O[C@H](CO)[C@@H](O)[C@H](O)[C@H]2O)C2CC[C@]3(C)C(=CCC4[C@@]5(C)CC[C@H](O[C@@H]6OC[C@H](O)[C@H](O)[C@H]6O)[C@@](C)(CO)C5CC[C@]43C)C2[C@]1(C)O. The van der Waals surface area contributed by atoms with Gasteiger partial charge in [-0.3, -0.25) is 4.79 Å². The van der Waals surface area contributed by atoms with Crippen molar-refractivity contribution in [2.75, 3.05) is 19.8 Å². The van der Waals surface area contributed by atoms with Crippen LogP contribution in [0.1, 0.15) is 92.9 Å². The summed E-state index contributed by atoms with van der Waals surface area (Å²) in [5.41, 5.74) is -1.28. The fourth-order valence-electron chi connectivity index (χ4n) is 13.5. The van der Waals surface area contributed by atoms with E-state index in [9.17, 15) is 50.8 Å². The Morgan fingerprint density at radius 3 is 2.22 bits per heavy atom. The van der Waals surface area contributed by atoms with Crippen molar-refractivity contribution in [1.29, 1.82) is 0 Å². The molecule has 55 heavy (non-hydrogen) atoms. The van der Waals surface area contributed by atoms with Crippen molar-refractivity contribution in [3.8, 4) is 0 Å². The molecule has 0 aromatic carbocycles. The second kappa shape index (κ2) is 14.5. The summed E-state index contributed by atoms with van der Waals surface area (Å²) in [4.78, 5) is 14.0. The van der Waals surface area contributed by atoms with Crippen LogP contribution in [-0.2, 0) is 23.7 Å². The van der Waals surface area contributed by atoms with E-state index in [4.69, 9.17) is 18.9 Å². The summed E-state index contributed by atoms with van der Waals surface area (Å²) < 4.78 is 23.3. The Bertz CT molecular complexity index is 1470. The molecule has 0 radical (unpaired) electrons. The normalized spacial score (nSPS) is 56.6. The smallest absolute Gasteiger partial charge is 0.311 e. The molecule has 7 rings (SSSR count). The minimum Gasteiger partial charge on any atom is -0.432 e. The third-order valence-corrected chi connectivity index (χ3v) is 17.2. The first-order chi connectivity index (χ1) is 25.7. The highest BCUT2D eigenvalue weighted by molar-refractivity contribution is 5.73. The molecule has 0 amide bonds. The van der Waals surface area contributed by atoms with Gasteiger partial charge in [0.1, 0.15) is 42.7 Å². The van der Waals surface area contributed by atoms with Crippen LogP contribution in [0.2, 0.25) is 0 Å². The zero-order valence-corrected chi connectivity index (χ0v) is 33.2. The van der Waals surface area contributed by atoms with E-state index in [0.29, 0.717) is 19.3 Å². The first-order valence-electron chi connectivity index (χ1n) is 20.6. The highest BCUT2D eigenvalue weighted by Crippen LogP contribution is 2.75. The lowest BCUT2D eigenvalue weighted by atomic mass is 9.34. The van der Waals surface area contributed by atoms with E-state index in [1.165, 1.54) is 5.57 Å². The lowest BCUT2D eigenvalue weighted by molar-refractivity contribution is -0.312. The molecule has 0 aromatic rings. The zero-order chi connectivity index (χ0) is 40.2. The van der Waals surface area contributed by atoms with Crippen LogP contribution in [-0.4, -0.2) is 139 Å². The van der Waals surface area contributed by atoms with Crippen molar-refractivity contribution in [2.45, 2.75) is 160 Å². The number of rotatable bonds is 6. The summed E-state index contributed by atoms with van der Waals surface area (Å²) in [5.74, 6) is -1.77. The third kappa shape index (κ3) is 6.13. The fourth-order valence-corrected chi connectivity index (χ4v) is 13.5. The molecular formula is C41H66O14. The van der Waals surface area contributed by atoms with Crippen molar-refractivity contribution in [3.05, 3.63) is 11.6 Å². The van der Waals surface area contributed by atoms with E-state index in [2.05, 4.69) is 33.8 Å². The number of aliphatic hydroxyl groups is 9. The maximum Gasteiger partial charge on any atom is 0.311 e. The van der Waals surface area contributed by atoms with Gasteiger partial charge >= 0.3 is 5.97 Å². The van der Waals surface area contributed by atoms with Crippen LogP contribution in [0.3, 0.4) is 0 Å². The van der Waals surface area contributed by atoms with E-state index in [1.54, 1.807) is 0 Å². The van der Waals surface area contributed by atoms with Gasteiger partial charge in [-0.2, -0.15) is 0 Å². The highest BCUT2D eigenvalue weighted by atomic mass is 16.7. The van der Waals surface area contributed by atoms with Crippen molar-refractivity contribution >= 4 is 5.97 Å². The second-order valence-electron chi connectivity index (χ2n) is 19.7. The Morgan fingerprint density at radius 2 is 1.55 bits per heavy atom. The summed E-state index contributed by atoms with van der Waals surface area (Å²) in [7, 11) is 0. The second-order valence-corrected chi connectivity index (χ2v) is 19.7. The molecule has 4 unspecified atom stereocenters. The average molecular weight is 783 g/mol. The number of aliphatic hydroxyl groups excluding tert-OH is 8. The van der Waals surface area contributed by atoms with Gasteiger partial charge in [-0.05, 0) is 98.2 Å². The van der Waals surface area contributed by atoms with Gasteiger partial charge in [-0.15, -0.1) is 0 Å². The van der Waals surface area contributed by atoms with Crippen molar-refractivity contribution in [1.82, 2.24) is 0 Å². The molecule has 2 aliphatic heterocycles. The molecule has 14 heteroatoms. The molecular weight excluding hydrogens is 716 g/mol. The Hall–Kier alpha value is -1.27. The molecule has 0 aromatic heterocycles. The van der Waals surface area contributed by atoms with Gasteiger partial charge in [-0.25, -0.2) is 0 Å². The molecule has 9 N–H and O–H groups in total. The molecule has 7 aliphatic rings. The average Bonchev–Trinajstić information content (AvgIpc) is 3.14. The van der Waals surface area contributed by atoms with Gasteiger partial charge in [0.25, 0.3) is 0 Å². The van der Waals surface area contributed by atoms with Crippen LogP contribution in [0.25, 0.3) is 0 Å². The van der Waals surface area contributed by atoms with E-state index in [0.717, 1.165) is 32.1 Å². The maximum absolute atomic E-state index is 14.0. The quantitative estimate of drug-likeness (QED) is 0.103. The van der Waals surface area contributed by atoms with Gasteiger partial charge in [0.15, 0.2) is 6.29 Å². The molecule has 6 fully saturated rings.